The Bertz CT molecular complexity index is 18.0. The lowest BCUT2D eigenvalue weighted by Crippen LogP contribution is -1.68. The Morgan fingerprint density at radius 3 is 2.25 bits per heavy atom. The van der Waals surface area contributed by atoms with E-state index in [-0.39, 0.29) is 0 Å². The Hall–Kier alpha value is -0.530. The molecule has 1 radical (unpaired) electrons. The lowest BCUT2D eigenvalue weighted by atomic mass is 11.5. The summed E-state index contributed by atoms with van der Waals surface area (Å²) in [6, 6.07) is 0. The van der Waals surface area contributed by atoms with Crippen molar-refractivity contribution in [1.29, 1.82) is 0 Å². The first-order valence-corrected chi connectivity index (χ1v) is 0.816. The smallest absolute Gasteiger partial charge is 0.417 e. The number of hydrogen-bond acceptors (Lipinski definition) is 2. The van der Waals surface area contributed by atoms with E-state index in [1.807, 2.05) is 0 Å². The maximum Gasteiger partial charge on any atom is 0.417 e. The Labute approximate surface area is 24.4 Å². The van der Waals surface area contributed by atoms with Crippen LogP contribution < -0.4 is 0 Å². The number of hydrogen-bond donors (Lipinski definition) is 0. The summed E-state index contributed by atoms with van der Waals surface area (Å²) in [5.74, 6) is 0. The highest BCUT2D eigenvalue weighted by Gasteiger charge is 1.50. The Morgan fingerprint density at radius 2 is 2.25 bits per heavy atom. The first-order valence-electron chi connectivity index (χ1n) is 0.816. The molecule has 0 aromatic rings. The molecule has 2 nitrogen and oxygen atoms in total. The van der Waals surface area contributed by atoms with Gasteiger partial charge in [0.05, 0.1) is 7.11 Å². The minimum absolute atomic E-state index is 1.18. The van der Waals surface area contributed by atoms with Crippen molar-refractivity contribution in [1.82, 2.24) is 0 Å². The molecule has 0 aliphatic heterocycles. The molecule has 2 heteroatoms. The summed E-state index contributed by atoms with van der Waals surface area (Å²) in [4.78, 5) is 8.83. The van der Waals surface area contributed by atoms with Gasteiger partial charge >= 0.3 is 6.47 Å². The van der Waals surface area contributed by atoms with E-state index in [1.54, 1.807) is 0 Å². The molecule has 0 aliphatic rings. The van der Waals surface area contributed by atoms with Crippen LogP contribution in [0.25, 0.3) is 0 Å². The highest BCUT2D eigenvalue weighted by atomic mass is 16.5. The van der Waals surface area contributed by atoms with Gasteiger partial charge in [-0.3, -0.25) is 0 Å². The molecule has 23 valence electrons. The van der Waals surface area contributed by atoms with Gasteiger partial charge in [0, 0.05) is 0 Å². The monoisotopic (exact) mass is 59.0 g/mol. The van der Waals surface area contributed by atoms with Crippen LogP contribution in [-0.2, 0) is 9.53 Å². The third-order valence-electron chi connectivity index (χ3n) is 0.0833. The number of methoxy groups -OCH3 is 1. The van der Waals surface area contributed by atoms with Gasteiger partial charge in [0.1, 0.15) is 0 Å². The number of carbonyl (C=O) groups excluding carboxylic acids is 1. The van der Waals surface area contributed by atoms with Gasteiger partial charge < -0.3 is 4.74 Å². The minimum Gasteiger partial charge on any atom is -0.461 e. The van der Waals surface area contributed by atoms with Crippen LogP contribution in [0, 0.1) is 0 Å². The highest BCUT2D eigenvalue weighted by Crippen LogP contribution is 1.35. The fourth-order valence-corrected chi connectivity index (χ4v) is 0. The largest absolute Gasteiger partial charge is 0.461 e. The molecule has 0 aliphatic carbocycles. The Kier molecular flexibility index (Phi) is 2.14. The number of ether oxygens (including phenoxy) is 1. The fourth-order valence-electron chi connectivity index (χ4n) is 0. The molecule has 0 aromatic carbocycles. The van der Waals surface area contributed by atoms with Crippen LogP contribution in [0.2, 0.25) is 0 Å². The van der Waals surface area contributed by atoms with Crippen molar-refractivity contribution in [3.05, 3.63) is 0 Å². The van der Waals surface area contributed by atoms with Crippen LogP contribution in [0.1, 0.15) is 0 Å². The third-order valence-corrected chi connectivity index (χ3v) is 0.0833. The molecular weight excluding hydrogens is 56.0 g/mol. The molecule has 0 amide bonds. The van der Waals surface area contributed by atoms with Crippen LogP contribution in [0.5, 0.6) is 0 Å². The second-order valence-electron chi connectivity index (χ2n) is 0.287. The standard InChI is InChI=1S/C2H3O2/c1-4-2-3/h1H3. The van der Waals surface area contributed by atoms with Crippen LogP contribution in [-0.4, -0.2) is 13.6 Å². The zero-order chi connectivity index (χ0) is 3.41. The molecule has 0 unspecified atom stereocenters. The third kappa shape index (κ3) is 1.47. The van der Waals surface area contributed by atoms with Crippen molar-refractivity contribution in [3.63, 3.8) is 0 Å². The van der Waals surface area contributed by atoms with Crippen molar-refractivity contribution in [3.8, 4) is 0 Å². The lowest BCUT2D eigenvalue weighted by Gasteiger charge is -1.63. The molecule has 0 aromatic heterocycles. The molecule has 0 saturated heterocycles. The van der Waals surface area contributed by atoms with E-state index in [2.05, 4.69) is 4.74 Å². The summed E-state index contributed by atoms with van der Waals surface area (Å²) >= 11 is 0. The number of rotatable bonds is 1. The lowest BCUT2D eigenvalue weighted by molar-refractivity contribution is 0.353. The predicted molar refractivity (Wildman–Crippen MR) is 12.7 cm³/mol. The van der Waals surface area contributed by atoms with Gasteiger partial charge in [-0.25, -0.2) is 4.79 Å². The van der Waals surface area contributed by atoms with Crippen LogP contribution >= 0.6 is 0 Å². The van der Waals surface area contributed by atoms with E-state index < -0.39 is 0 Å². The normalized spacial score (nSPS) is 5.25. The SMILES string of the molecule is CO[C]=O. The molecule has 0 fully saturated rings. The maximum atomic E-state index is 8.83. The average Bonchev–Trinajstić information content (AvgIpc) is 1.37. The van der Waals surface area contributed by atoms with E-state index in [9.17, 15) is 0 Å². The van der Waals surface area contributed by atoms with E-state index >= 15 is 0 Å². The summed E-state index contributed by atoms with van der Waals surface area (Å²) in [6.07, 6.45) is 0. The van der Waals surface area contributed by atoms with Gasteiger partial charge in [-0.1, -0.05) is 0 Å². The van der Waals surface area contributed by atoms with E-state index in [0.717, 1.165) is 0 Å². The summed E-state index contributed by atoms with van der Waals surface area (Å²) < 4.78 is 3.74. The van der Waals surface area contributed by atoms with Crippen LogP contribution in [0.3, 0.4) is 0 Å². The molecule has 4 heavy (non-hydrogen) atoms. The fraction of sp³-hybridized carbons (Fsp3) is 0.500. The van der Waals surface area contributed by atoms with Crippen molar-refractivity contribution < 1.29 is 9.53 Å². The average molecular weight is 59.0 g/mol. The maximum absolute atomic E-state index is 8.83. The van der Waals surface area contributed by atoms with Crippen molar-refractivity contribution in [2.75, 3.05) is 7.11 Å². The van der Waals surface area contributed by atoms with Crippen LogP contribution in [0.4, 0.5) is 0 Å². The van der Waals surface area contributed by atoms with E-state index in [0.29, 0.717) is 0 Å². The molecule has 0 spiro atoms. The molecule has 0 rings (SSSR count). The summed E-state index contributed by atoms with van der Waals surface area (Å²) in [5, 5.41) is 0. The predicted octanol–water partition coefficient (Wildman–Crippen LogP) is -0.300. The van der Waals surface area contributed by atoms with Crippen molar-refractivity contribution >= 4 is 6.47 Å². The quantitative estimate of drug-likeness (QED) is 0.414. The second-order valence-corrected chi connectivity index (χ2v) is 0.287. The van der Waals surface area contributed by atoms with Gasteiger partial charge in [0.25, 0.3) is 0 Å². The van der Waals surface area contributed by atoms with Gasteiger partial charge in [-0.15, -0.1) is 0 Å². The minimum atomic E-state index is 1.18. The Balaban J connectivity index is 2.30. The van der Waals surface area contributed by atoms with Gasteiger partial charge in [-0.2, -0.15) is 0 Å². The molecule has 0 atom stereocenters. The topological polar surface area (TPSA) is 26.3 Å². The second kappa shape index (κ2) is 2.47. The van der Waals surface area contributed by atoms with Crippen molar-refractivity contribution in [2.45, 2.75) is 0 Å². The van der Waals surface area contributed by atoms with Crippen LogP contribution in [0.15, 0.2) is 0 Å². The van der Waals surface area contributed by atoms with Crippen molar-refractivity contribution in [2.24, 2.45) is 0 Å². The molecule has 0 bridgehead atoms. The van der Waals surface area contributed by atoms with E-state index in [4.69, 9.17) is 4.79 Å². The van der Waals surface area contributed by atoms with Gasteiger partial charge in [0.2, 0.25) is 0 Å². The Morgan fingerprint density at radius 1 is 2.00 bits per heavy atom. The molecule has 0 heterocycles. The highest BCUT2D eigenvalue weighted by molar-refractivity contribution is 5.37. The van der Waals surface area contributed by atoms with Gasteiger partial charge in [-0.05, 0) is 0 Å². The first kappa shape index (κ1) is 3.47. The zero-order valence-corrected chi connectivity index (χ0v) is 2.32. The van der Waals surface area contributed by atoms with Gasteiger partial charge in [0.15, 0.2) is 0 Å². The molecular formula is C2H3O2. The van der Waals surface area contributed by atoms with E-state index in [1.165, 1.54) is 13.6 Å². The zero-order valence-electron chi connectivity index (χ0n) is 2.32. The molecule has 0 N–H and O–H groups in total. The summed E-state index contributed by atoms with van der Waals surface area (Å²) in [6.45, 7) is 1.18. The summed E-state index contributed by atoms with van der Waals surface area (Å²) in [7, 11) is 1.26. The summed E-state index contributed by atoms with van der Waals surface area (Å²) in [5.41, 5.74) is 0. The molecule has 0 saturated carbocycles. The first-order chi connectivity index (χ1) is 1.91.